The van der Waals surface area contributed by atoms with Gasteiger partial charge in [0.15, 0.2) is 0 Å². The normalized spacial score (nSPS) is 13.4. The summed E-state index contributed by atoms with van der Waals surface area (Å²) in [6.07, 6.45) is 0. The van der Waals surface area contributed by atoms with Crippen LogP contribution in [0.3, 0.4) is 0 Å². The van der Waals surface area contributed by atoms with Crippen LogP contribution in [0, 0.1) is 0 Å². The minimum Gasteiger partial charge on any atom is -0.411 e. The fourth-order valence-electron chi connectivity index (χ4n) is 1.90. The molecule has 0 aliphatic heterocycles. The van der Waals surface area contributed by atoms with Gasteiger partial charge >= 0.3 is 0 Å². The molecule has 0 unspecified atom stereocenters. The van der Waals surface area contributed by atoms with Crippen LogP contribution < -0.4 is 0 Å². The van der Waals surface area contributed by atoms with Crippen LogP contribution in [0.25, 0.3) is 0 Å². The third-order valence-electron chi connectivity index (χ3n) is 2.89. The van der Waals surface area contributed by atoms with Crippen molar-refractivity contribution in [2.75, 3.05) is 0 Å². The predicted octanol–water partition coefficient (Wildman–Crippen LogP) is 3.67. The van der Waals surface area contributed by atoms with E-state index >= 15 is 0 Å². The van der Waals surface area contributed by atoms with E-state index in [1.165, 1.54) is 0 Å². The van der Waals surface area contributed by atoms with Crippen molar-refractivity contribution in [3.63, 3.8) is 0 Å². The van der Waals surface area contributed by atoms with Gasteiger partial charge in [0.25, 0.3) is 0 Å². The van der Waals surface area contributed by atoms with Gasteiger partial charge in [0.05, 0.1) is 5.71 Å². The molecule has 17 heavy (non-hydrogen) atoms. The van der Waals surface area contributed by atoms with Crippen LogP contribution in [-0.4, -0.2) is 10.9 Å². The molecule has 0 fully saturated rings. The Hall–Kier alpha value is -2.09. The first-order valence-corrected chi connectivity index (χ1v) is 5.65. The predicted molar refractivity (Wildman–Crippen MR) is 69.6 cm³/mol. The topological polar surface area (TPSA) is 32.6 Å². The second kappa shape index (κ2) is 5.30. The summed E-state index contributed by atoms with van der Waals surface area (Å²) in [6.45, 7) is 2.04. The number of benzene rings is 2. The summed E-state index contributed by atoms with van der Waals surface area (Å²) in [5.41, 5.74) is 2.78. The van der Waals surface area contributed by atoms with Crippen LogP contribution in [0.5, 0.6) is 0 Å². The molecule has 0 radical (unpaired) electrons. The molecule has 2 aromatic carbocycles. The molecule has 0 amide bonds. The van der Waals surface area contributed by atoms with Gasteiger partial charge in [-0.25, -0.2) is 0 Å². The first kappa shape index (κ1) is 11.4. The van der Waals surface area contributed by atoms with Gasteiger partial charge in [-0.2, -0.15) is 0 Å². The zero-order chi connectivity index (χ0) is 12.1. The molecule has 2 rings (SSSR count). The zero-order valence-electron chi connectivity index (χ0n) is 9.75. The van der Waals surface area contributed by atoms with E-state index in [0.29, 0.717) is 5.71 Å². The molecule has 2 nitrogen and oxygen atoms in total. The quantitative estimate of drug-likeness (QED) is 0.482. The molecule has 1 N–H and O–H groups in total. The maximum Gasteiger partial charge on any atom is 0.0939 e. The standard InChI is InChI=1S/C15H15NO/c1-12(13-8-4-2-5-9-13)15(16-17)14-10-6-3-7-11-14/h2-12,17H,1H3/b16-15+/t12-/m1/s1. The third kappa shape index (κ3) is 2.53. The Kier molecular flexibility index (Phi) is 3.55. The van der Waals surface area contributed by atoms with Crippen molar-refractivity contribution < 1.29 is 5.21 Å². The van der Waals surface area contributed by atoms with Crippen LogP contribution in [-0.2, 0) is 0 Å². The molecule has 0 heterocycles. The average Bonchev–Trinajstić information content (AvgIpc) is 2.42. The summed E-state index contributed by atoms with van der Waals surface area (Å²) in [5, 5.41) is 12.7. The maximum atomic E-state index is 9.20. The molecule has 0 aliphatic rings. The summed E-state index contributed by atoms with van der Waals surface area (Å²) < 4.78 is 0. The van der Waals surface area contributed by atoms with Crippen molar-refractivity contribution in [2.24, 2.45) is 5.16 Å². The summed E-state index contributed by atoms with van der Waals surface area (Å²) in [6, 6.07) is 19.8. The van der Waals surface area contributed by atoms with E-state index in [1.807, 2.05) is 67.6 Å². The highest BCUT2D eigenvalue weighted by Crippen LogP contribution is 2.20. The number of hydrogen-bond donors (Lipinski definition) is 1. The van der Waals surface area contributed by atoms with Crippen molar-refractivity contribution >= 4 is 5.71 Å². The van der Waals surface area contributed by atoms with Gasteiger partial charge in [0, 0.05) is 5.92 Å². The van der Waals surface area contributed by atoms with Crippen molar-refractivity contribution in [1.82, 2.24) is 0 Å². The van der Waals surface area contributed by atoms with Crippen LogP contribution in [0.1, 0.15) is 24.0 Å². The number of nitrogens with zero attached hydrogens (tertiary/aromatic N) is 1. The van der Waals surface area contributed by atoms with E-state index in [4.69, 9.17) is 0 Å². The first-order valence-electron chi connectivity index (χ1n) is 5.65. The minimum atomic E-state index is 0.0728. The Balaban J connectivity index is 2.33. The van der Waals surface area contributed by atoms with Gasteiger partial charge in [0.1, 0.15) is 0 Å². The van der Waals surface area contributed by atoms with Gasteiger partial charge in [-0.15, -0.1) is 0 Å². The second-order valence-electron chi connectivity index (χ2n) is 3.98. The van der Waals surface area contributed by atoms with Crippen LogP contribution in [0.2, 0.25) is 0 Å². The van der Waals surface area contributed by atoms with Crippen LogP contribution in [0.4, 0.5) is 0 Å². The minimum absolute atomic E-state index is 0.0728. The highest BCUT2D eigenvalue weighted by molar-refractivity contribution is 6.04. The monoisotopic (exact) mass is 225 g/mol. The van der Waals surface area contributed by atoms with Crippen molar-refractivity contribution in [3.8, 4) is 0 Å². The average molecular weight is 225 g/mol. The third-order valence-corrected chi connectivity index (χ3v) is 2.89. The smallest absolute Gasteiger partial charge is 0.0939 e. The number of rotatable bonds is 3. The summed E-state index contributed by atoms with van der Waals surface area (Å²) in [4.78, 5) is 0. The van der Waals surface area contributed by atoms with Gasteiger partial charge < -0.3 is 5.21 Å². The molecular weight excluding hydrogens is 210 g/mol. The lowest BCUT2D eigenvalue weighted by Gasteiger charge is -2.13. The van der Waals surface area contributed by atoms with Gasteiger partial charge in [-0.05, 0) is 11.1 Å². The molecule has 0 aromatic heterocycles. The summed E-state index contributed by atoms with van der Waals surface area (Å²) in [7, 11) is 0. The fourth-order valence-corrected chi connectivity index (χ4v) is 1.90. The van der Waals surface area contributed by atoms with E-state index in [1.54, 1.807) is 0 Å². The van der Waals surface area contributed by atoms with Crippen LogP contribution in [0.15, 0.2) is 65.8 Å². The maximum absolute atomic E-state index is 9.20. The van der Waals surface area contributed by atoms with E-state index in [2.05, 4.69) is 5.16 Å². The molecule has 2 heteroatoms. The van der Waals surface area contributed by atoms with Crippen molar-refractivity contribution in [3.05, 3.63) is 71.8 Å². The molecule has 2 aromatic rings. The second-order valence-corrected chi connectivity index (χ2v) is 3.98. The van der Waals surface area contributed by atoms with Gasteiger partial charge in [-0.1, -0.05) is 72.7 Å². The van der Waals surface area contributed by atoms with E-state index in [0.717, 1.165) is 11.1 Å². The number of oxime groups is 1. The molecular formula is C15H15NO. The summed E-state index contributed by atoms with van der Waals surface area (Å²) in [5.74, 6) is 0.0728. The summed E-state index contributed by atoms with van der Waals surface area (Å²) >= 11 is 0. The first-order chi connectivity index (χ1) is 8.33. The Morgan fingerprint density at radius 1 is 0.941 bits per heavy atom. The van der Waals surface area contributed by atoms with Gasteiger partial charge in [0.2, 0.25) is 0 Å². The zero-order valence-corrected chi connectivity index (χ0v) is 9.75. The fraction of sp³-hybridized carbons (Fsp3) is 0.133. The number of hydrogen-bond acceptors (Lipinski definition) is 2. The largest absolute Gasteiger partial charge is 0.411 e. The van der Waals surface area contributed by atoms with E-state index in [-0.39, 0.29) is 5.92 Å². The molecule has 0 saturated heterocycles. The van der Waals surface area contributed by atoms with Crippen molar-refractivity contribution in [2.45, 2.75) is 12.8 Å². The van der Waals surface area contributed by atoms with Gasteiger partial charge in [-0.3, -0.25) is 0 Å². The molecule has 0 saturated carbocycles. The molecule has 0 spiro atoms. The lowest BCUT2D eigenvalue weighted by molar-refractivity contribution is 0.317. The molecule has 0 bridgehead atoms. The Morgan fingerprint density at radius 3 is 2.00 bits per heavy atom. The SMILES string of the molecule is C[C@@H](/C(=N\O)c1ccccc1)c1ccccc1. The molecule has 1 atom stereocenters. The lowest BCUT2D eigenvalue weighted by atomic mass is 9.92. The Morgan fingerprint density at radius 2 is 1.47 bits per heavy atom. The van der Waals surface area contributed by atoms with Crippen LogP contribution >= 0.6 is 0 Å². The van der Waals surface area contributed by atoms with E-state index in [9.17, 15) is 5.21 Å². The highest BCUT2D eigenvalue weighted by atomic mass is 16.4. The Bertz CT molecular complexity index is 491. The molecule has 86 valence electrons. The molecule has 0 aliphatic carbocycles. The Labute approximate surface area is 101 Å². The highest BCUT2D eigenvalue weighted by Gasteiger charge is 2.15. The van der Waals surface area contributed by atoms with E-state index < -0.39 is 0 Å². The lowest BCUT2D eigenvalue weighted by Crippen LogP contribution is -2.11. The van der Waals surface area contributed by atoms with Crippen molar-refractivity contribution in [1.29, 1.82) is 0 Å².